The lowest BCUT2D eigenvalue weighted by molar-refractivity contribution is 0.467. The normalized spacial score (nSPS) is 9.08. The monoisotopic (exact) mass is 231 g/mol. The standard InChI is InChI=1S/C9H13NO.BrH/c10-7-3-5-8-4-1-2-6-9(8)11;/h1-2,4,6,11H,3,5,7,10H2;1H. The largest absolute Gasteiger partial charge is 0.508 e. The van der Waals surface area contributed by atoms with Gasteiger partial charge in [0.05, 0.1) is 0 Å². The van der Waals surface area contributed by atoms with Crippen molar-refractivity contribution in [1.29, 1.82) is 0 Å². The number of para-hydroxylation sites is 1. The Kier molecular flexibility index (Phi) is 5.76. The molecule has 0 atom stereocenters. The Morgan fingerprint density at radius 2 is 1.92 bits per heavy atom. The van der Waals surface area contributed by atoms with Crippen LogP contribution >= 0.6 is 17.0 Å². The Hall–Kier alpha value is -0.540. The Bertz CT molecular complexity index is 228. The van der Waals surface area contributed by atoms with E-state index in [0.717, 1.165) is 18.4 Å². The highest BCUT2D eigenvalue weighted by molar-refractivity contribution is 8.93. The topological polar surface area (TPSA) is 46.2 Å². The molecule has 68 valence electrons. The maximum Gasteiger partial charge on any atom is 0.118 e. The van der Waals surface area contributed by atoms with Crippen molar-refractivity contribution < 1.29 is 5.11 Å². The van der Waals surface area contributed by atoms with E-state index in [1.165, 1.54) is 0 Å². The van der Waals surface area contributed by atoms with Crippen LogP contribution in [0.5, 0.6) is 5.75 Å². The van der Waals surface area contributed by atoms with Gasteiger partial charge in [-0.15, -0.1) is 17.0 Å². The van der Waals surface area contributed by atoms with Crippen molar-refractivity contribution in [3.63, 3.8) is 0 Å². The van der Waals surface area contributed by atoms with E-state index >= 15 is 0 Å². The molecule has 3 heteroatoms. The van der Waals surface area contributed by atoms with Gasteiger partial charge < -0.3 is 10.8 Å². The van der Waals surface area contributed by atoms with Gasteiger partial charge in [-0.25, -0.2) is 0 Å². The summed E-state index contributed by atoms with van der Waals surface area (Å²) in [6.45, 7) is 0.675. The Labute approximate surface area is 83.2 Å². The van der Waals surface area contributed by atoms with Crippen LogP contribution in [0.15, 0.2) is 24.3 Å². The first kappa shape index (κ1) is 11.5. The summed E-state index contributed by atoms with van der Waals surface area (Å²) in [5.41, 5.74) is 6.33. The van der Waals surface area contributed by atoms with Crippen molar-refractivity contribution in [3.8, 4) is 5.75 Å². The SMILES string of the molecule is Br.NCCCc1ccccc1O. The smallest absolute Gasteiger partial charge is 0.118 e. The number of benzene rings is 1. The number of hydrogen-bond acceptors (Lipinski definition) is 2. The fourth-order valence-corrected chi connectivity index (χ4v) is 1.01. The van der Waals surface area contributed by atoms with Crippen LogP contribution in [0.4, 0.5) is 0 Å². The summed E-state index contributed by atoms with van der Waals surface area (Å²) in [5, 5.41) is 9.30. The molecule has 0 unspecified atom stereocenters. The third-order valence-electron chi connectivity index (χ3n) is 1.64. The second-order valence-corrected chi connectivity index (χ2v) is 2.52. The molecular weight excluding hydrogens is 218 g/mol. The van der Waals surface area contributed by atoms with E-state index in [1.807, 2.05) is 18.2 Å². The van der Waals surface area contributed by atoms with Crippen molar-refractivity contribution in [2.24, 2.45) is 5.73 Å². The lowest BCUT2D eigenvalue weighted by Gasteiger charge is -2.01. The molecule has 0 fully saturated rings. The van der Waals surface area contributed by atoms with Gasteiger partial charge in [0.1, 0.15) is 5.75 Å². The molecule has 1 aromatic carbocycles. The first-order valence-corrected chi connectivity index (χ1v) is 3.81. The first-order valence-electron chi connectivity index (χ1n) is 3.81. The van der Waals surface area contributed by atoms with Gasteiger partial charge in [-0.3, -0.25) is 0 Å². The summed E-state index contributed by atoms with van der Waals surface area (Å²) in [7, 11) is 0. The van der Waals surface area contributed by atoms with Crippen molar-refractivity contribution in [2.75, 3.05) is 6.54 Å². The number of aromatic hydroxyl groups is 1. The van der Waals surface area contributed by atoms with E-state index in [2.05, 4.69) is 0 Å². The second kappa shape index (κ2) is 6.03. The van der Waals surface area contributed by atoms with Gasteiger partial charge in [0.15, 0.2) is 0 Å². The third kappa shape index (κ3) is 3.24. The Morgan fingerprint density at radius 3 is 2.50 bits per heavy atom. The highest BCUT2D eigenvalue weighted by Gasteiger charge is 1.96. The molecule has 0 aliphatic carbocycles. The molecule has 1 rings (SSSR count). The van der Waals surface area contributed by atoms with Crippen LogP contribution in [-0.2, 0) is 6.42 Å². The molecule has 12 heavy (non-hydrogen) atoms. The molecule has 0 radical (unpaired) electrons. The first-order chi connectivity index (χ1) is 5.34. The molecule has 0 spiro atoms. The number of rotatable bonds is 3. The summed E-state index contributed by atoms with van der Waals surface area (Å²) < 4.78 is 0. The van der Waals surface area contributed by atoms with Gasteiger partial charge in [0, 0.05) is 0 Å². The lowest BCUT2D eigenvalue weighted by Crippen LogP contribution is -2.00. The quantitative estimate of drug-likeness (QED) is 0.835. The van der Waals surface area contributed by atoms with Crippen LogP contribution in [0.2, 0.25) is 0 Å². The predicted octanol–water partition coefficient (Wildman–Crippen LogP) is 1.86. The summed E-state index contributed by atoms with van der Waals surface area (Å²) in [5.74, 6) is 0.376. The number of nitrogens with two attached hydrogens (primary N) is 1. The summed E-state index contributed by atoms with van der Waals surface area (Å²) in [6, 6.07) is 7.36. The average molecular weight is 232 g/mol. The highest BCUT2D eigenvalue weighted by Crippen LogP contribution is 2.16. The third-order valence-corrected chi connectivity index (χ3v) is 1.64. The van der Waals surface area contributed by atoms with E-state index in [9.17, 15) is 5.11 Å². The van der Waals surface area contributed by atoms with Crippen molar-refractivity contribution >= 4 is 17.0 Å². The molecule has 1 aromatic rings. The molecule has 0 aliphatic rings. The molecule has 0 aliphatic heterocycles. The van der Waals surface area contributed by atoms with Crippen LogP contribution in [-0.4, -0.2) is 11.7 Å². The fourth-order valence-electron chi connectivity index (χ4n) is 1.01. The summed E-state index contributed by atoms with van der Waals surface area (Å²) in [6.07, 6.45) is 1.79. The molecule has 0 heterocycles. The molecular formula is C9H14BrNO. The van der Waals surface area contributed by atoms with Crippen LogP contribution in [0.1, 0.15) is 12.0 Å². The molecule has 0 bridgehead atoms. The van der Waals surface area contributed by atoms with E-state index in [-0.39, 0.29) is 17.0 Å². The number of phenolic OH excluding ortho intramolecular Hbond substituents is 1. The fraction of sp³-hybridized carbons (Fsp3) is 0.333. The zero-order chi connectivity index (χ0) is 8.10. The van der Waals surface area contributed by atoms with Gasteiger partial charge in [0.25, 0.3) is 0 Å². The minimum atomic E-state index is 0. The number of aryl methyl sites for hydroxylation is 1. The number of phenols is 1. The molecule has 0 aromatic heterocycles. The molecule has 0 saturated carbocycles. The second-order valence-electron chi connectivity index (χ2n) is 2.52. The zero-order valence-electron chi connectivity index (χ0n) is 6.86. The van der Waals surface area contributed by atoms with Gasteiger partial charge in [-0.2, -0.15) is 0 Å². The highest BCUT2D eigenvalue weighted by atomic mass is 79.9. The average Bonchev–Trinajstić information content (AvgIpc) is 2.03. The maximum atomic E-state index is 9.30. The number of halogens is 1. The Morgan fingerprint density at radius 1 is 1.25 bits per heavy atom. The lowest BCUT2D eigenvalue weighted by atomic mass is 10.1. The minimum Gasteiger partial charge on any atom is -0.508 e. The van der Waals surface area contributed by atoms with E-state index in [0.29, 0.717) is 12.3 Å². The van der Waals surface area contributed by atoms with Crippen molar-refractivity contribution in [1.82, 2.24) is 0 Å². The zero-order valence-corrected chi connectivity index (χ0v) is 8.58. The minimum absolute atomic E-state index is 0. The van der Waals surface area contributed by atoms with Crippen LogP contribution < -0.4 is 5.73 Å². The summed E-state index contributed by atoms with van der Waals surface area (Å²) in [4.78, 5) is 0. The maximum absolute atomic E-state index is 9.30. The van der Waals surface area contributed by atoms with Gasteiger partial charge in [-0.05, 0) is 31.0 Å². The van der Waals surface area contributed by atoms with Crippen LogP contribution in [0.3, 0.4) is 0 Å². The van der Waals surface area contributed by atoms with Gasteiger partial charge in [0.2, 0.25) is 0 Å². The predicted molar refractivity (Wildman–Crippen MR) is 55.8 cm³/mol. The Balaban J connectivity index is 0.00000121. The molecule has 0 amide bonds. The van der Waals surface area contributed by atoms with Crippen molar-refractivity contribution in [3.05, 3.63) is 29.8 Å². The summed E-state index contributed by atoms with van der Waals surface area (Å²) >= 11 is 0. The number of hydrogen-bond donors (Lipinski definition) is 2. The molecule has 2 nitrogen and oxygen atoms in total. The van der Waals surface area contributed by atoms with Crippen LogP contribution in [0, 0.1) is 0 Å². The van der Waals surface area contributed by atoms with Crippen LogP contribution in [0.25, 0.3) is 0 Å². The van der Waals surface area contributed by atoms with Crippen molar-refractivity contribution in [2.45, 2.75) is 12.8 Å². The molecule has 0 saturated heterocycles. The molecule has 3 N–H and O–H groups in total. The van der Waals surface area contributed by atoms with Gasteiger partial charge in [-0.1, -0.05) is 18.2 Å². The van der Waals surface area contributed by atoms with E-state index < -0.39 is 0 Å². The van der Waals surface area contributed by atoms with E-state index in [1.54, 1.807) is 6.07 Å². The van der Waals surface area contributed by atoms with Gasteiger partial charge >= 0.3 is 0 Å². The van der Waals surface area contributed by atoms with E-state index in [4.69, 9.17) is 5.73 Å².